The van der Waals surface area contributed by atoms with Gasteiger partial charge >= 0.3 is 0 Å². The van der Waals surface area contributed by atoms with E-state index in [0.717, 1.165) is 34.6 Å². The van der Waals surface area contributed by atoms with Crippen molar-refractivity contribution >= 4 is 28.7 Å². The number of rotatable bonds is 4. The summed E-state index contributed by atoms with van der Waals surface area (Å²) in [5, 5.41) is 3.21. The molecule has 5 rings (SSSR count). The first-order valence-corrected chi connectivity index (χ1v) is 12.7. The van der Waals surface area contributed by atoms with Crippen LogP contribution in [0.5, 0.6) is 0 Å². The summed E-state index contributed by atoms with van der Waals surface area (Å²) >= 11 is 7.44. The minimum atomic E-state index is -0.204. The number of aromatic nitrogens is 2. The molecule has 2 heterocycles. The van der Waals surface area contributed by atoms with Crippen molar-refractivity contribution < 1.29 is 4.79 Å². The van der Waals surface area contributed by atoms with Gasteiger partial charge in [-0.3, -0.25) is 14.2 Å². The molecule has 0 aliphatic heterocycles. The van der Waals surface area contributed by atoms with Gasteiger partial charge in [0.1, 0.15) is 5.01 Å². The Bertz CT molecular complexity index is 1460. The van der Waals surface area contributed by atoms with E-state index in [0.29, 0.717) is 34.0 Å². The van der Waals surface area contributed by atoms with Crippen molar-refractivity contribution in [2.24, 2.45) is 5.41 Å². The summed E-state index contributed by atoms with van der Waals surface area (Å²) in [4.78, 5) is 32.0. The van der Waals surface area contributed by atoms with E-state index in [4.69, 9.17) is 16.6 Å². The molecular weight excluding hydrogens is 464 g/mol. The normalized spacial score (nSPS) is 14.8. The van der Waals surface area contributed by atoms with Crippen LogP contribution in [0.3, 0.4) is 0 Å². The number of benzene rings is 2. The van der Waals surface area contributed by atoms with Crippen molar-refractivity contribution in [1.82, 2.24) is 9.55 Å². The zero-order valence-electron chi connectivity index (χ0n) is 19.4. The maximum Gasteiger partial charge on any atom is 0.265 e. The van der Waals surface area contributed by atoms with Gasteiger partial charge in [0.05, 0.1) is 16.9 Å². The first-order valence-electron chi connectivity index (χ1n) is 11.4. The van der Waals surface area contributed by atoms with Gasteiger partial charge in [-0.05, 0) is 48.1 Å². The second kappa shape index (κ2) is 8.64. The van der Waals surface area contributed by atoms with Crippen LogP contribution in [0.1, 0.15) is 48.8 Å². The van der Waals surface area contributed by atoms with E-state index < -0.39 is 0 Å². The van der Waals surface area contributed by atoms with Gasteiger partial charge < -0.3 is 0 Å². The van der Waals surface area contributed by atoms with E-state index in [1.165, 1.54) is 11.3 Å². The van der Waals surface area contributed by atoms with Crippen LogP contribution >= 0.6 is 22.9 Å². The fourth-order valence-corrected chi connectivity index (χ4v) is 5.66. The topological polar surface area (TPSA) is 52.0 Å². The molecule has 1 aliphatic carbocycles. The number of pyridine rings is 1. The lowest BCUT2D eigenvalue weighted by Crippen LogP contribution is -2.35. The molecule has 4 aromatic rings. The predicted molar refractivity (Wildman–Crippen MR) is 139 cm³/mol. The van der Waals surface area contributed by atoms with E-state index >= 15 is 0 Å². The van der Waals surface area contributed by atoms with Crippen LogP contribution in [0, 0.1) is 5.41 Å². The molecule has 6 heteroatoms. The summed E-state index contributed by atoms with van der Waals surface area (Å²) in [6, 6.07) is 17.2. The molecule has 1 aliphatic rings. The maximum absolute atomic E-state index is 14.0. The Morgan fingerprint density at radius 2 is 1.76 bits per heavy atom. The average Bonchev–Trinajstić information content (AvgIpc) is 3.28. The Hall–Kier alpha value is -3.02. The number of carbonyl (C=O) groups excluding carboxylic acids is 1. The second-order valence-corrected chi connectivity index (χ2v) is 10.8. The molecule has 4 nitrogen and oxygen atoms in total. The fourth-order valence-electron chi connectivity index (χ4n) is 4.70. The highest BCUT2D eigenvalue weighted by atomic mass is 35.5. The number of Topliss-reactive ketones (excluding diaryl/α,β-unsaturated/α-hetero) is 1. The molecule has 0 fully saturated rings. The highest BCUT2D eigenvalue weighted by Crippen LogP contribution is 2.37. The van der Waals surface area contributed by atoms with Crippen LogP contribution in [0.4, 0.5) is 0 Å². The monoisotopic (exact) mass is 488 g/mol. The van der Waals surface area contributed by atoms with E-state index in [2.05, 4.69) is 20.8 Å². The van der Waals surface area contributed by atoms with Gasteiger partial charge in [-0.1, -0.05) is 62.7 Å². The Labute approximate surface area is 207 Å². The molecule has 0 saturated carbocycles. The lowest BCUT2D eigenvalue weighted by atomic mass is 9.75. The zero-order chi connectivity index (χ0) is 24.0. The zero-order valence-corrected chi connectivity index (χ0v) is 21.0. The van der Waals surface area contributed by atoms with Crippen molar-refractivity contribution in [3.63, 3.8) is 0 Å². The molecule has 0 N–H and O–H groups in total. The molecule has 34 heavy (non-hydrogen) atoms. The third-order valence-electron chi connectivity index (χ3n) is 6.38. The average molecular weight is 489 g/mol. The first-order chi connectivity index (χ1) is 16.3. The number of ketones is 1. The largest absolute Gasteiger partial charge is 0.294 e. The van der Waals surface area contributed by atoms with Gasteiger partial charge in [0.2, 0.25) is 0 Å². The Morgan fingerprint density at radius 3 is 2.50 bits per heavy atom. The number of hydrogen-bond donors (Lipinski definition) is 0. The highest BCUT2D eigenvalue weighted by molar-refractivity contribution is 7.13. The Morgan fingerprint density at radius 1 is 1.03 bits per heavy atom. The van der Waals surface area contributed by atoms with Gasteiger partial charge in [-0.2, -0.15) is 0 Å². The smallest absolute Gasteiger partial charge is 0.265 e. The number of carbonyl (C=O) groups is 1. The van der Waals surface area contributed by atoms with Crippen LogP contribution in [0.2, 0.25) is 5.02 Å². The molecule has 2 aromatic heterocycles. The number of thiazole rings is 1. The minimum Gasteiger partial charge on any atom is -0.294 e. The molecule has 0 atom stereocenters. The summed E-state index contributed by atoms with van der Waals surface area (Å²) in [5.74, 6) is 0.0738. The van der Waals surface area contributed by atoms with Crippen LogP contribution in [-0.2, 0) is 12.8 Å². The molecule has 2 aromatic carbocycles. The highest BCUT2D eigenvalue weighted by Gasteiger charge is 2.35. The summed E-state index contributed by atoms with van der Waals surface area (Å²) in [7, 11) is 0. The summed E-state index contributed by atoms with van der Waals surface area (Å²) in [5.41, 5.74) is 5.16. The Kier molecular flexibility index (Phi) is 5.78. The Balaban J connectivity index is 1.75. The van der Waals surface area contributed by atoms with Crippen LogP contribution in [0.15, 0.2) is 64.8 Å². The molecule has 0 saturated heterocycles. The lowest BCUT2D eigenvalue weighted by molar-refractivity contribution is 0.0909. The first kappa shape index (κ1) is 22.8. The molecule has 0 amide bonds. The molecule has 172 valence electrons. The standard InChI is InChI=1S/C28H25ClN2O2S/c1-4-17-7-5-6-8-23(17)31-24-14-28(2,3)15-25(32)20(24)13-21(27(31)33)26-30-22(16-34-26)18-9-11-19(29)12-10-18/h5-13,16H,4,14-15H2,1-3H3. The van der Waals surface area contributed by atoms with Gasteiger partial charge in [0.15, 0.2) is 5.78 Å². The lowest BCUT2D eigenvalue weighted by Gasteiger charge is -2.32. The quantitative estimate of drug-likeness (QED) is 0.311. The molecule has 0 spiro atoms. The number of hydrogen-bond acceptors (Lipinski definition) is 4. The number of fused-ring (bicyclic) bond motifs is 1. The third kappa shape index (κ3) is 4.04. The van der Waals surface area contributed by atoms with E-state index in [1.807, 2.05) is 53.9 Å². The molecule has 0 bridgehead atoms. The number of halogens is 1. The van der Waals surface area contributed by atoms with Gasteiger partial charge in [-0.15, -0.1) is 11.3 Å². The van der Waals surface area contributed by atoms with Crippen molar-refractivity contribution in [1.29, 1.82) is 0 Å². The molecular formula is C28H25ClN2O2S. The van der Waals surface area contributed by atoms with Gasteiger partial charge in [-0.25, -0.2) is 4.98 Å². The number of aryl methyl sites for hydroxylation is 1. The van der Waals surface area contributed by atoms with Crippen LogP contribution in [-0.4, -0.2) is 15.3 Å². The third-order valence-corrected chi connectivity index (χ3v) is 7.50. The van der Waals surface area contributed by atoms with E-state index in [9.17, 15) is 9.59 Å². The SMILES string of the molecule is CCc1ccccc1-n1c2c(cc(-c3nc(-c4ccc(Cl)cc4)cs3)c1=O)C(=O)CC(C)(C)C2. The van der Waals surface area contributed by atoms with Gasteiger partial charge in [0.25, 0.3) is 5.56 Å². The summed E-state index contributed by atoms with van der Waals surface area (Å²) in [6.07, 6.45) is 1.91. The minimum absolute atomic E-state index is 0.0738. The molecule has 0 radical (unpaired) electrons. The summed E-state index contributed by atoms with van der Waals surface area (Å²) < 4.78 is 1.77. The van der Waals surface area contributed by atoms with Crippen molar-refractivity contribution in [2.45, 2.75) is 40.0 Å². The maximum atomic E-state index is 14.0. The summed E-state index contributed by atoms with van der Waals surface area (Å²) in [6.45, 7) is 6.25. The number of para-hydroxylation sites is 1. The van der Waals surface area contributed by atoms with E-state index in [1.54, 1.807) is 10.6 Å². The fraction of sp³-hybridized carbons (Fsp3) is 0.250. The van der Waals surface area contributed by atoms with Crippen molar-refractivity contribution in [3.8, 4) is 27.5 Å². The molecule has 0 unspecified atom stereocenters. The number of nitrogens with zero attached hydrogens (tertiary/aromatic N) is 2. The van der Waals surface area contributed by atoms with Crippen LogP contribution in [0.25, 0.3) is 27.5 Å². The van der Waals surface area contributed by atoms with Crippen LogP contribution < -0.4 is 5.56 Å². The van der Waals surface area contributed by atoms with Gasteiger partial charge in [0, 0.05) is 33.6 Å². The second-order valence-electron chi connectivity index (χ2n) is 9.53. The van der Waals surface area contributed by atoms with E-state index in [-0.39, 0.29) is 16.8 Å². The predicted octanol–water partition coefficient (Wildman–Crippen LogP) is 7.00. The van der Waals surface area contributed by atoms with Crippen molar-refractivity contribution in [2.75, 3.05) is 0 Å². The van der Waals surface area contributed by atoms with Crippen molar-refractivity contribution in [3.05, 3.63) is 92.2 Å².